The number of thiazole rings is 1. The zero-order valence-electron chi connectivity index (χ0n) is 18.0. The van der Waals surface area contributed by atoms with Gasteiger partial charge in [-0.3, -0.25) is 14.5 Å². The lowest BCUT2D eigenvalue weighted by atomic mass is 9.99. The number of anilines is 1. The molecule has 1 saturated heterocycles. The van der Waals surface area contributed by atoms with Crippen LogP contribution in [0.1, 0.15) is 39.7 Å². The number of carbonyl (C=O) groups excluding carboxylic acids is 3. The minimum Gasteiger partial charge on any atom is -0.507 e. The van der Waals surface area contributed by atoms with Gasteiger partial charge in [0.2, 0.25) is 0 Å². The third-order valence-corrected chi connectivity index (χ3v) is 6.19. The zero-order chi connectivity index (χ0) is 23.7. The Balaban J connectivity index is 1.87. The highest BCUT2D eigenvalue weighted by Crippen LogP contribution is 2.44. The third kappa shape index (κ3) is 3.89. The van der Waals surface area contributed by atoms with E-state index in [1.165, 1.54) is 13.4 Å². The molecule has 1 atom stereocenters. The largest absolute Gasteiger partial charge is 0.507 e. The van der Waals surface area contributed by atoms with Gasteiger partial charge in [-0.2, -0.15) is 0 Å². The first kappa shape index (κ1) is 22.3. The molecule has 1 N–H and O–H groups in total. The summed E-state index contributed by atoms with van der Waals surface area (Å²) in [7, 11) is 1.48. The SMILES string of the molecule is CCOC(=O)c1sc(N2C(=O)C(=O)C(=C(O)c3cccc(OC)c3)C2c2ccco2)nc1C. The molecule has 0 saturated carbocycles. The Hall–Kier alpha value is -3.92. The minimum atomic E-state index is -1.08. The van der Waals surface area contributed by atoms with Crippen LogP contribution < -0.4 is 9.64 Å². The van der Waals surface area contributed by atoms with Crippen molar-refractivity contribution < 1.29 is 33.4 Å². The van der Waals surface area contributed by atoms with E-state index in [2.05, 4.69) is 4.98 Å². The number of nitrogens with zero attached hydrogens (tertiary/aromatic N) is 2. The molecule has 1 aliphatic heterocycles. The number of hydrogen-bond donors (Lipinski definition) is 1. The fraction of sp³-hybridized carbons (Fsp3) is 0.217. The molecule has 0 bridgehead atoms. The minimum absolute atomic E-state index is 0.115. The first-order valence-corrected chi connectivity index (χ1v) is 10.8. The molecule has 4 rings (SSSR count). The van der Waals surface area contributed by atoms with Crippen LogP contribution in [0.4, 0.5) is 5.13 Å². The van der Waals surface area contributed by atoms with Crippen LogP contribution in [0.2, 0.25) is 0 Å². The fourth-order valence-electron chi connectivity index (χ4n) is 3.54. The number of furan rings is 1. The molecule has 1 fully saturated rings. The summed E-state index contributed by atoms with van der Waals surface area (Å²) in [5.74, 6) is -2.02. The van der Waals surface area contributed by atoms with Crippen LogP contribution in [0.25, 0.3) is 5.76 Å². The summed E-state index contributed by atoms with van der Waals surface area (Å²) in [6.45, 7) is 3.48. The van der Waals surface area contributed by atoms with Gasteiger partial charge in [0.15, 0.2) is 5.13 Å². The lowest BCUT2D eigenvalue weighted by Gasteiger charge is -2.20. The average molecular weight is 468 g/mol. The number of aliphatic hydroxyl groups is 1. The smallest absolute Gasteiger partial charge is 0.350 e. The van der Waals surface area contributed by atoms with E-state index < -0.39 is 23.7 Å². The summed E-state index contributed by atoms with van der Waals surface area (Å²) in [5, 5.41) is 11.2. The molecule has 1 aromatic carbocycles. The molecule has 0 spiro atoms. The lowest BCUT2D eigenvalue weighted by molar-refractivity contribution is -0.132. The standard InChI is InChI=1S/C23H20N2O7S/c1-4-31-22(29)20-12(2)24-23(33-20)25-17(15-9-6-10-32-15)16(19(27)21(25)28)18(26)13-7-5-8-14(11-13)30-3/h5-11,17,26H,4H2,1-3H3. The van der Waals surface area contributed by atoms with Gasteiger partial charge in [0, 0.05) is 5.56 Å². The van der Waals surface area contributed by atoms with Crippen LogP contribution in [-0.4, -0.2) is 41.5 Å². The Bertz CT molecular complexity index is 1260. The third-order valence-electron chi connectivity index (χ3n) is 5.05. The normalized spacial score (nSPS) is 17.4. The first-order chi connectivity index (χ1) is 15.9. The predicted octanol–water partition coefficient (Wildman–Crippen LogP) is 3.86. The zero-order valence-corrected chi connectivity index (χ0v) is 18.8. The van der Waals surface area contributed by atoms with Gasteiger partial charge in [-0.05, 0) is 38.1 Å². The van der Waals surface area contributed by atoms with Crippen LogP contribution in [0.3, 0.4) is 0 Å². The second kappa shape index (κ2) is 8.91. The van der Waals surface area contributed by atoms with Crippen LogP contribution >= 0.6 is 11.3 Å². The summed E-state index contributed by atoms with van der Waals surface area (Å²) in [5.41, 5.74) is 0.501. The number of amides is 1. The summed E-state index contributed by atoms with van der Waals surface area (Å²) in [4.78, 5) is 44.2. The molecule has 2 aromatic heterocycles. The number of methoxy groups -OCH3 is 1. The Morgan fingerprint density at radius 2 is 2.06 bits per heavy atom. The number of rotatable bonds is 6. The van der Waals surface area contributed by atoms with Crippen LogP contribution in [0.15, 0.2) is 52.7 Å². The first-order valence-electron chi connectivity index (χ1n) is 10.0. The molecule has 0 radical (unpaired) electrons. The maximum atomic E-state index is 13.1. The van der Waals surface area contributed by atoms with Crippen molar-refractivity contribution >= 4 is 39.9 Å². The van der Waals surface area contributed by atoms with Crippen molar-refractivity contribution in [2.45, 2.75) is 19.9 Å². The Kier molecular flexibility index (Phi) is 6.01. The summed E-state index contributed by atoms with van der Waals surface area (Å²) in [6.07, 6.45) is 1.40. The number of aromatic nitrogens is 1. The van der Waals surface area contributed by atoms with Crippen molar-refractivity contribution in [2.24, 2.45) is 0 Å². The highest BCUT2D eigenvalue weighted by atomic mass is 32.1. The Morgan fingerprint density at radius 3 is 2.73 bits per heavy atom. The van der Waals surface area contributed by atoms with Crippen molar-refractivity contribution in [3.05, 3.63) is 70.1 Å². The van der Waals surface area contributed by atoms with Crippen molar-refractivity contribution in [1.82, 2.24) is 4.98 Å². The molecule has 1 unspecified atom stereocenters. The van der Waals surface area contributed by atoms with E-state index in [-0.39, 0.29) is 33.7 Å². The van der Waals surface area contributed by atoms with Crippen molar-refractivity contribution in [3.8, 4) is 5.75 Å². The van der Waals surface area contributed by atoms with Crippen molar-refractivity contribution in [1.29, 1.82) is 0 Å². The van der Waals surface area contributed by atoms with Gasteiger partial charge in [0.05, 0.1) is 31.2 Å². The highest BCUT2D eigenvalue weighted by molar-refractivity contribution is 7.17. The van der Waals surface area contributed by atoms with E-state index in [0.29, 0.717) is 17.0 Å². The van der Waals surface area contributed by atoms with E-state index >= 15 is 0 Å². The number of benzene rings is 1. The topological polar surface area (TPSA) is 119 Å². The number of carbonyl (C=O) groups is 3. The molecule has 3 aromatic rings. The summed E-state index contributed by atoms with van der Waals surface area (Å²) >= 11 is 0.929. The lowest BCUT2D eigenvalue weighted by Crippen LogP contribution is -2.29. The van der Waals surface area contributed by atoms with Gasteiger partial charge < -0.3 is 19.0 Å². The molecule has 170 valence electrons. The monoisotopic (exact) mass is 468 g/mol. The van der Waals surface area contributed by atoms with Gasteiger partial charge in [-0.25, -0.2) is 9.78 Å². The predicted molar refractivity (Wildman–Crippen MR) is 119 cm³/mol. The van der Waals surface area contributed by atoms with Gasteiger partial charge in [-0.15, -0.1) is 0 Å². The molecule has 3 heterocycles. The Morgan fingerprint density at radius 1 is 1.27 bits per heavy atom. The van der Waals surface area contributed by atoms with Crippen molar-refractivity contribution in [3.63, 3.8) is 0 Å². The Labute approximate surface area is 192 Å². The molecule has 1 aliphatic rings. The molecular formula is C23H20N2O7S. The number of ether oxygens (including phenoxy) is 2. The van der Waals surface area contributed by atoms with E-state index in [9.17, 15) is 19.5 Å². The maximum Gasteiger partial charge on any atom is 0.350 e. The van der Waals surface area contributed by atoms with Crippen LogP contribution in [0.5, 0.6) is 5.75 Å². The second-order valence-electron chi connectivity index (χ2n) is 7.05. The van der Waals surface area contributed by atoms with Gasteiger partial charge in [0.25, 0.3) is 5.78 Å². The van der Waals surface area contributed by atoms with Crippen molar-refractivity contribution in [2.75, 3.05) is 18.6 Å². The van der Waals surface area contributed by atoms with Gasteiger partial charge >= 0.3 is 11.9 Å². The number of aryl methyl sites for hydroxylation is 1. The van der Waals surface area contributed by atoms with E-state index in [1.807, 2.05) is 0 Å². The van der Waals surface area contributed by atoms with Crippen LogP contribution in [-0.2, 0) is 14.3 Å². The van der Waals surface area contributed by atoms with E-state index in [4.69, 9.17) is 13.9 Å². The molecule has 0 aliphatic carbocycles. The average Bonchev–Trinajstić information content (AvgIpc) is 3.53. The van der Waals surface area contributed by atoms with Gasteiger partial charge in [-0.1, -0.05) is 23.5 Å². The fourth-order valence-corrected chi connectivity index (χ4v) is 4.53. The molecule has 33 heavy (non-hydrogen) atoms. The number of aliphatic hydroxyl groups excluding tert-OH is 1. The molecule has 1 amide bonds. The number of hydrogen-bond acceptors (Lipinski definition) is 9. The molecule has 9 nitrogen and oxygen atoms in total. The number of esters is 1. The number of Topliss-reactive ketones (excluding diaryl/α,β-unsaturated/α-hetero) is 1. The van der Waals surface area contributed by atoms with E-state index in [1.54, 1.807) is 50.2 Å². The highest BCUT2D eigenvalue weighted by Gasteiger charge is 2.49. The number of ketones is 1. The maximum absolute atomic E-state index is 13.1. The quantitative estimate of drug-likeness (QED) is 0.251. The molecular weight excluding hydrogens is 448 g/mol. The van der Waals surface area contributed by atoms with Gasteiger partial charge in [0.1, 0.15) is 28.2 Å². The summed E-state index contributed by atoms with van der Waals surface area (Å²) < 4.78 is 15.8. The molecule has 10 heteroatoms. The van der Waals surface area contributed by atoms with Crippen LogP contribution in [0, 0.1) is 6.92 Å². The second-order valence-corrected chi connectivity index (χ2v) is 8.03. The summed E-state index contributed by atoms with van der Waals surface area (Å²) in [6, 6.07) is 8.61. The van der Waals surface area contributed by atoms with E-state index in [0.717, 1.165) is 16.2 Å².